The molecule has 3 rings (SSSR count). The predicted molar refractivity (Wildman–Crippen MR) is 153 cm³/mol. The number of benzene rings is 2. The van der Waals surface area contributed by atoms with Crippen LogP contribution in [0.3, 0.4) is 0 Å². The van der Waals surface area contributed by atoms with Crippen LogP contribution in [0.5, 0.6) is 5.75 Å². The van der Waals surface area contributed by atoms with Crippen LogP contribution >= 0.6 is 11.3 Å². The monoisotopic (exact) mass is 535 g/mol. The summed E-state index contributed by atoms with van der Waals surface area (Å²) in [5.41, 5.74) is 3.52. The highest BCUT2D eigenvalue weighted by Crippen LogP contribution is 2.35. The van der Waals surface area contributed by atoms with E-state index in [2.05, 4.69) is 10.6 Å². The fourth-order valence-electron chi connectivity index (χ4n) is 4.41. The van der Waals surface area contributed by atoms with Gasteiger partial charge in [-0.15, -0.1) is 11.3 Å². The van der Waals surface area contributed by atoms with E-state index in [1.54, 1.807) is 42.8 Å². The highest BCUT2D eigenvalue weighted by molar-refractivity contribution is 7.12. The van der Waals surface area contributed by atoms with Gasteiger partial charge in [0.25, 0.3) is 5.91 Å². The van der Waals surface area contributed by atoms with Crippen molar-refractivity contribution in [2.45, 2.75) is 59.5 Å². The van der Waals surface area contributed by atoms with Gasteiger partial charge in [0.05, 0.1) is 24.2 Å². The van der Waals surface area contributed by atoms with Gasteiger partial charge in [-0.1, -0.05) is 42.8 Å². The van der Waals surface area contributed by atoms with E-state index >= 15 is 0 Å². The lowest BCUT2D eigenvalue weighted by Crippen LogP contribution is -2.52. The Kier molecular flexibility index (Phi) is 9.33. The van der Waals surface area contributed by atoms with Crippen molar-refractivity contribution in [3.05, 3.63) is 81.0 Å². The van der Waals surface area contributed by atoms with Gasteiger partial charge in [-0.25, -0.2) is 0 Å². The van der Waals surface area contributed by atoms with Crippen LogP contribution in [-0.4, -0.2) is 36.9 Å². The number of anilines is 1. The Morgan fingerprint density at radius 3 is 2.29 bits per heavy atom. The molecule has 8 heteroatoms. The van der Waals surface area contributed by atoms with E-state index in [9.17, 15) is 14.4 Å². The predicted octanol–water partition coefficient (Wildman–Crippen LogP) is 5.49. The largest absolute Gasteiger partial charge is 0.497 e. The summed E-state index contributed by atoms with van der Waals surface area (Å²) in [5, 5.41) is 7.67. The van der Waals surface area contributed by atoms with Gasteiger partial charge >= 0.3 is 0 Å². The van der Waals surface area contributed by atoms with E-state index < -0.39 is 17.5 Å². The molecule has 0 aliphatic heterocycles. The highest BCUT2D eigenvalue weighted by atomic mass is 32.1. The molecule has 2 aromatic carbocycles. The molecule has 0 bridgehead atoms. The zero-order valence-corrected chi connectivity index (χ0v) is 24.0. The zero-order chi connectivity index (χ0) is 28.0. The van der Waals surface area contributed by atoms with Crippen molar-refractivity contribution in [3.63, 3.8) is 0 Å². The SMILES string of the molecule is CCC(C)(C)NC(=O)[C@H](c1cccc(OC)c1)N(C(=O)CNC(=O)c1cccs1)c1c(C)cc(C)cc1C. The summed E-state index contributed by atoms with van der Waals surface area (Å²) in [5.74, 6) is -0.476. The Balaban J connectivity index is 2.15. The standard InChI is InChI=1S/C30H37N3O4S/c1-8-30(5,6)32-29(36)27(22-11-9-12-23(17-22)37-7)33(26-20(3)15-19(2)16-21(26)4)25(34)18-31-28(35)24-13-10-14-38-24/h9-17,27H,8,18H2,1-7H3,(H,31,35)(H,32,36)/t27-/m0/s1. The molecule has 7 nitrogen and oxygen atoms in total. The van der Waals surface area contributed by atoms with Crippen molar-refractivity contribution in [2.75, 3.05) is 18.6 Å². The van der Waals surface area contributed by atoms with Gasteiger partial charge in [-0.3, -0.25) is 19.3 Å². The minimum Gasteiger partial charge on any atom is -0.497 e. The van der Waals surface area contributed by atoms with E-state index in [0.717, 1.165) is 16.7 Å². The summed E-state index contributed by atoms with van der Waals surface area (Å²) in [7, 11) is 1.56. The Morgan fingerprint density at radius 2 is 1.71 bits per heavy atom. The second-order valence-corrected chi connectivity index (χ2v) is 11.0. The number of aryl methyl sites for hydroxylation is 3. The molecule has 202 valence electrons. The number of carbonyl (C=O) groups is 3. The van der Waals surface area contributed by atoms with Gasteiger partial charge in [-0.05, 0) is 81.3 Å². The molecule has 2 N–H and O–H groups in total. The fourth-order valence-corrected chi connectivity index (χ4v) is 5.05. The molecular weight excluding hydrogens is 498 g/mol. The van der Waals surface area contributed by atoms with Crippen LogP contribution in [0.25, 0.3) is 0 Å². The van der Waals surface area contributed by atoms with Gasteiger partial charge in [0.15, 0.2) is 0 Å². The van der Waals surface area contributed by atoms with Crippen LogP contribution in [0.4, 0.5) is 5.69 Å². The average Bonchev–Trinajstić information content (AvgIpc) is 3.41. The van der Waals surface area contributed by atoms with Crippen molar-refractivity contribution < 1.29 is 19.1 Å². The summed E-state index contributed by atoms with van der Waals surface area (Å²) >= 11 is 1.30. The first kappa shape index (κ1) is 28.9. The highest BCUT2D eigenvalue weighted by Gasteiger charge is 2.36. The first-order valence-electron chi connectivity index (χ1n) is 12.6. The molecule has 0 fully saturated rings. The molecule has 3 amide bonds. The molecule has 0 saturated carbocycles. The number of methoxy groups -OCH3 is 1. The molecule has 0 unspecified atom stereocenters. The summed E-state index contributed by atoms with van der Waals surface area (Å²) in [4.78, 5) is 42.7. The second kappa shape index (κ2) is 12.3. The van der Waals surface area contributed by atoms with E-state index in [0.29, 0.717) is 28.3 Å². The molecule has 0 radical (unpaired) electrons. The molecule has 0 aliphatic carbocycles. The molecule has 0 spiro atoms. The van der Waals surface area contributed by atoms with E-state index in [1.165, 1.54) is 16.2 Å². The van der Waals surface area contributed by atoms with Crippen LogP contribution in [0.15, 0.2) is 53.9 Å². The third-order valence-corrected chi connectivity index (χ3v) is 7.42. The van der Waals surface area contributed by atoms with Crippen LogP contribution in [0.1, 0.15) is 65.2 Å². The average molecular weight is 536 g/mol. The molecule has 0 aliphatic rings. The van der Waals surface area contributed by atoms with Crippen molar-refractivity contribution in [3.8, 4) is 5.75 Å². The first-order valence-corrected chi connectivity index (χ1v) is 13.5. The first-order chi connectivity index (χ1) is 18.0. The van der Waals surface area contributed by atoms with Gasteiger partial charge in [-0.2, -0.15) is 0 Å². The number of thiophene rings is 1. The fraction of sp³-hybridized carbons (Fsp3) is 0.367. The lowest BCUT2D eigenvalue weighted by Gasteiger charge is -2.36. The summed E-state index contributed by atoms with van der Waals surface area (Å²) in [6, 6.07) is 13.7. The van der Waals surface area contributed by atoms with Crippen LogP contribution in [0, 0.1) is 20.8 Å². The molecule has 1 heterocycles. The molecule has 3 aromatic rings. The molecule has 38 heavy (non-hydrogen) atoms. The topological polar surface area (TPSA) is 87.7 Å². The maximum absolute atomic E-state index is 14.0. The Bertz CT molecular complexity index is 1280. The minimum absolute atomic E-state index is 0.269. The molecule has 0 saturated heterocycles. The number of carbonyl (C=O) groups excluding carboxylic acids is 3. The normalized spacial score (nSPS) is 12.0. The summed E-state index contributed by atoms with van der Waals surface area (Å²) in [6.07, 6.45) is 0.705. The zero-order valence-electron chi connectivity index (χ0n) is 23.2. The van der Waals surface area contributed by atoms with E-state index in [4.69, 9.17) is 4.74 Å². The number of ether oxygens (including phenoxy) is 1. The third-order valence-electron chi connectivity index (χ3n) is 6.55. The number of nitrogens with one attached hydrogen (secondary N) is 2. The van der Waals surface area contributed by atoms with Crippen LogP contribution in [0.2, 0.25) is 0 Å². The van der Waals surface area contributed by atoms with Gasteiger partial charge in [0, 0.05) is 5.54 Å². The number of hydrogen-bond acceptors (Lipinski definition) is 5. The molecule has 1 aromatic heterocycles. The smallest absolute Gasteiger partial charge is 0.261 e. The Hall–Kier alpha value is -3.65. The maximum Gasteiger partial charge on any atom is 0.261 e. The van der Waals surface area contributed by atoms with Crippen molar-refractivity contribution in [1.82, 2.24) is 10.6 Å². The number of rotatable bonds is 10. The van der Waals surface area contributed by atoms with Gasteiger partial charge in [0.1, 0.15) is 11.8 Å². The Morgan fingerprint density at radius 1 is 1.03 bits per heavy atom. The van der Waals surface area contributed by atoms with Crippen molar-refractivity contribution in [1.29, 1.82) is 0 Å². The minimum atomic E-state index is -0.998. The quantitative estimate of drug-likeness (QED) is 0.359. The van der Waals surface area contributed by atoms with Crippen molar-refractivity contribution in [2.24, 2.45) is 0 Å². The Labute approximate surface area is 229 Å². The molecule has 1 atom stereocenters. The summed E-state index contributed by atoms with van der Waals surface area (Å²) in [6.45, 7) is 11.5. The van der Waals surface area contributed by atoms with E-state index in [-0.39, 0.29) is 18.4 Å². The third kappa shape index (κ3) is 6.81. The van der Waals surface area contributed by atoms with Crippen LogP contribution in [-0.2, 0) is 9.59 Å². The molecular formula is C30H37N3O4S. The van der Waals surface area contributed by atoms with E-state index in [1.807, 2.05) is 59.7 Å². The van der Waals surface area contributed by atoms with Gasteiger partial charge < -0.3 is 15.4 Å². The number of nitrogens with zero attached hydrogens (tertiary/aromatic N) is 1. The van der Waals surface area contributed by atoms with Gasteiger partial charge in [0.2, 0.25) is 11.8 Å². The lowest BCUT2D eigenvalue weighted by atomic mass is 9.96. The number of amides is 3. The lowest BCUT2D eigenvalue weighted by molar-refractivity contribution is -0.127. The van der Waals surface area contributed by atoms with Crippen molar-refractivity contribution >= 4 is 34.7 Å². The van der Waals surface area contributed by atoms with Crippen LogP contribution < -0.4 is 20.3 Å². The maximum atomic E-state index is 14.0. The second-order valence-electron chi connectivity index (χ2n) is 10.1. The summed E-state index contributed by atoms with van der Waals surface area (Å²) < 4.78 is 5.45. The number of hydrogen-bond donors (Lipinski definition) is 2.